The van der Waals surface area contributed by atoms with E-state index in [9.17, 15) is 19.5 Å². The van der Waals surface area contributed by atoms with Crippen LogP contribution in [0.15, 0.2) is 58.1 Å². The van der Waals surface area contributed by atoms with Crippen LogP contribution in [-0.4, -0.2) is 34.1 Å². The van der Waals surface area contributed by atoms with Crippen LogP contribution >= 0.6 is 0 Å². The number of carboxylic acid groups (broad SMARTS) is 1. The number of hydrogen-bond donors (Lipinski definition) is 1. The Labute approximate surface area is 159 Å². The number of hydrogen-bond acceptors (Lipinski definition) is 5. The van der Waals surface area contributed by atoms with Gasteiger partial charge in [-0.15, -0.1) is 0 Å². The van der Waals surface area contributed by atoms with E-state index in [0.717, 1.165) is 11.4 Å². The number of aromatic carboxylic acids is 1. The van der Waals surface area contributed by atoms with E-state index in [1.165, 1.54) is 12.3 Å². The maximum atomic E-state index is 12.6. The maximum Gasteiger partial charge on any atom is 0.336 e. The molecule has 7 nitrogen and oxygen atoms in total. The summed E-state index contributed by atoms with van der Waals surface area (Å²) in [6.07, 6.45) is 6.25. The number of nitrogens with zero attached hydrogens (tertiary/aromatic N) is 2. The first kappa shape index (κ1) is 16.7. The van der Waals surface area contributed by atoms with E-state index in [4.69, 9.17) is 4.42 Å². The summed E-state index contributed by atoms with van der Waals surface area (Å²) in [5.74, 6) is -1.19. The molecule has 1 aromatic heterocycles. The third-order valence-corrected chi connectivity index (χ3v) is 5.80. The predicted molar refractivity (Wildman–Crippen MR) is 98.3 cm³/mol. The lowest BCUT2D eigenvalue weighted by atomic mass is 9.85. The fourth-order valence-electron chi connectivity index (χ4n) is 4.57. The number of carbonyl (C=O) groups is 3. The van der Waals surface area contributed by atoms with Crippen molar-refractivity contribution in [2.75, 3.05) is 0 Å². The number of amides is 2. The summed E-state index contributed by atoms with van der Waals surface area (Å²) < 4.78 is 5.67. The van der Waals surface area contributed by atoms with Crippen LogP contribution in [0.4, 0.5) is 0 Å². The summed E-state index contributed by atoms with van der Waals surface area (Å²) in [4.78, 5) is 36.6. The minimum atomic E-state index is -1.05. The second kappa shape index (κ2) is 6.02. The van der Waals surface area contributed by atoms with Crippen molar-refractivity contribution < 1.29 is 23.9 Å². The van der Waals surface area contributed by atoms with Gasteiger partial charge in [-0.25, -0.2) is 4.79 Å². The highest BCUT2D eigenvalue weighted by atomic mass is 16.4. The summed E-state index contributed by atoms with van der Waals surface area (Å²) in [6.45, 7) is 0. The van der Waals surface area contributed by atoms with Crippen LogP contribution in [0.2, 0.25) is 0 Å². The minimum Gasteiger partial charge on any atom is -0.478 e. The molecule has 2 fully saturated rings. The van der Waals surface area contributed by atoms with Crippen LogP contribution in [-0.2, 0) is 9.59 Å². The third-order valence-electron chi connectivity index (χ3n) is 5.80. The van der Waals surface area contributed by atoms with Crippen molar-refractivity contribution in [2.45, 2.75) is 6.42 Å². The number of fused-ring (bicyclic) bond motifs is 5. The molecule has 28 heavy (non-hydrogen) atoms. The summed E-state index contributed by atoms with van der Waals surface area (Å²) in [5.41, 5.74) is 0.571. The minimum absolute atomic E-state index is 0.126. The fraction of sp³-hybridized carbons (Fsp3) is 0.238. The molecule has 2 amide bonds. The quantitative estimate of drug-likeness (QED) is 0.502. The van der Waals surface area contributed by atoms with Crippen molar-refractivity contribution in [2.24, 2.45) is 28.8 Å². The van der Waals surface area contributed by atoms with Gasteiger partial charge in [0.25, 0.3) is 11.8 Å². The molecule has 0 radical (unpaired) electrons. The van der Waals surface area contributed by atoms with Crippen molar-refractivity contribution in [1.29, 1.82) is 0 Å². The van der Waals surface area contributed by atoms with Gasteiger partial charge in [0, 0.05) is 5.56 Å². The Balaban J connectivity index is 1.39. The van der Waals surface area contributed by atoms with Crippen molar-refractivity contribution in [1.82, 2.24) is 5.01 Å². The van der Waals surface area contributed by atoms with Gasteiger partial charge in [0.15, 0.2) is 0 Å². The number of benzene rings is 1. The van der Waals surface area contributed by atoms with Gasteiger partial charge < -0.3 is 9.52 Å². The molecule has 3 aliphatic rings. The van der Waals surface area contributed by atoms with E-state index in [1.807, 2.05) is 12.2 Å². The summed E-state index contributed by atoms with van der Waals surface area (Å²) >= 11 is 0. The number of rotatable bonds is 4. The maximum absolute atomic E-state index is 12.6. The highest BCUT2D eigenvalue weighted by Crippen LogP contribution is 2.52. The first-order chi connectivity index (χ1) is 13.5. The Morgan fingerprint density at radius 1 is 1.07 bits per heavy atom. The van der Waals surface area contributed by atoms with Gasteiger partial charge in [0.1, 0.15) is 11.5 Å². The Kier molecular flexibility index (Phi) is 3.58. The molecular weight excluding hydrogens is 360 g/mol. The highest BCUT2D eigenvalue weighted by molar-refractivity contribution is 6.06. The topological polar surface area (TPSA) is 100 Å². The van der Waals surface area contributed by atoms with Crippen LogP contribution in [0.5, 0.6) is 0 Å². The van der Waals surface area contributed by atoms with Crippen molar-refractivity contribution in [3.8, 4) is 11.3 Å². The molecule has 1 N–H and O–H groups in total. The molecule has 2 aromatic rings. The zero-order chi connectivity index (χ0) is 19.4. The molecule has 2 bridgehead atoms. The van der Waals surface area contributed by atoms with E-state index in [-0.39, 0.29) is 41.0 Å². The van der Waals surface area contributed by atoms with Crippen molar-refractivity contribution in [3.05, 3.63) is 59.9 Å². The lowest BCUT2D eigenvalue weighted by molar-refractivity contribution is -0.140. The SMILES string of the molecule is O=C(O)c1ccccc1-c1ccc(/C=N\N2C(=O)[C@@H]3[C@@H](C2=O)[C@@H]2C=C[C@@H]3C2)o1. The van der Waals surface area contributed by atoms with Gasteiger partial charge in [0.05, 0.1) is 23.6 Å². The van der Waals surface area contributed by atoms with Crippen LogP contribution in [0.1, 0.15) is 22.5 Å². The number of carbonyl (C=O) groups excluding carboxylic acids is 2. The van der Waals surface area contributed by atoms with Crippen molar-refractivity contribution in [3.63, 3.8) is 0 Å². The molecule has 1 saturated carbocycles. The predicted octanol–water partition coefficient (Wildman–Crippen LogP) is 2.79. The molecule has 1 aliphatic heterocycles. The smallest absolute Gasteiger partial charge is 0.336 e. The normalized spacial score (nSPS) is 27.9. The van der Waals surface area contributed by atoms with Crippen LogP contribution in [0.25, 0.3) is 11.3 Å². The molecule has 0 unspecified atom stereocenters. The number of furan rings is 1. The highest BCUT2D eigenvalue weighted by Gasteiger charge is 2.59. The second-order valence-electron chi connectivity index (χ2n) is 7.29. The third kappa shape index (κ3) is 2.36. The molecule has 140 valence electrons. The van der Waals surface area contributed by atoms with Gasteiger partial charge in [-0.3, -0.25) is 9.59 Å². The molecule has 2 heterocycles. The lowest BCUT2D eigenvalue weighted by Gasteiger charge is -2.13. The Morgan fingerprint density at radius 2 is 1.75 bits per heavy atom. The van der Waals surface area contributed by atoms with Crippen molar-refractivity contribution >= 4 is 24.0 Å². The fourth-order valence-corrected chi connectivity index (χ4v) is 4.57. The van der Waals surface area contributed by atoms with E-state index >= 15 is 0 Å². The summed E-state index contributed by atoms with van der Waals surface area (Å²) in [6, 6.07) is 9.77. The van der Waals surface area contributed by atoms with E-state index in [0.29, 0.717) is 17.1 Å². The Hall–Kier alpha value is -3.48. The Bertz CT molecular complexity index is 1040. The standard InChI is InChI=1S/C21H16N2O5/c24-19-17-11-5-6-12(9-11)18(17)20(25)23(19)22-10-13-7-8-16(28-13)14-3-1-2-4-15(14)21(26)27/h1-8,10-12,17-18H,9H2,(H,26,27)/b22-10-/t11-,12-,17+,18+/m1/s1. The molecule has 4 atom stereocenters. The van der Waals surface area contributed by atoms with E-state index in [1.54, 1.807) is 30.3 Å². The molecule has 5 rings (SSSR count). The second-order valence-corrected chi connectivity index (χ2v) is 7.29. The number of imide groups is 1. The van der Waals surface area contributed by atoms with Crippen LogP contribution in [0.3, 0.4) is 0 Å². The first-order valence-electron chi connectivity index (χ1n) is 9.07. The lowest BCUT2D eigenvalue weighted by Crippen LogP contribution is -2.28. The van der Waals surface area contributed by atoms with E-state index in [2.05, 4.69) is 5.10 Å². The van der Waals surface area contributed by atoms with Crippen LogP contribution < -0.4 is 0 Å². The van der Waals surface area contributed by atoms with E-state index < -0.39 is 5.97 Å². The number of carboxylic acids is 1. The van der Waals surface area contributed by atoms with Gasteiger partial charge in [-0.2, -0.15) is 10.1 Å². The molecule has 2 aliphatic carbocycles. The largest absolute Gasteiger partial charge is 0.478 e. The molecule has 1 aromatic carbocycles. The van der Waals surface area contributed by atoms with Gasteiger partial charge in [-0.05, 0) is 36.5 Å². The first-order valence-corrected chi connectivity index (χ1v) is 9.07. The summed E-state index contributed by atoms with van der Waals surface area (Å²) in [7, 11) is 0. The zero-order valence-electron chi connectivity index (χ0n) is 14.7. The number of hydrazone groups is 1. The van der Waals surface area contributed by atoms with Gasteiger partial charge in [0.2, 0.25) is 0 Å². The van der Waals surface area contributed by atoms with Crippen LogP contribution in [0, 0.1) is 23.7 Å². The Morgan fingerprint density at radius 3 is 2.43 bits per heavy atom. The number of allylic oxidation sites excluding steroid dienone is 2. The van der Waals surface area contributed by atoms with Gasteiger partial charge in [-0.1, -0.05) is 30.4 Å². The average molecular weight is 376 g/mol. The molecule has 1 saturated heterocycles. The average Bonchev–Trinajstić information content (AvgIpc) is 3.46. The monoisotopic (exact) mass is 376 g/mol. The molecule has 0 spiro atoms. The van der Waals surface area contributed by atoms with Gasteiger partial charge >= 0.3 is 5.97 Å². The molecule has 7 heteroatoms. The zero-order valence-corrected chi connectivity index (χ0v) is 14.7. The summed E-state index contributed by atoms with van der Waals surface area (Å²) in [5, 5.41) is 14.3. The molecular formula is C21H16N2O5.